The summed E-state index contributed by atoms with van der Waals surface area (Å²) in [5.41, 5.74) is 3.44. The number of amides is 1. The fourth-order valence-electron chi connectivity index (χ4n) is 4.29. The molecule has 0 saturated heterocycles. The van der Waals surface area contributed by atoms with Crippen LogP contribution in [-0.2, 0) is 11.2 Å². The third-order valence-corrected chi connectivity index (χ3v) is 6.92. The van der Waals surface area contributed by atoms with Crippen molar-refractivity contribution in [2.75, 3.05) is 5.75 Å². The van der Waals surface area contributed by atoms with Crippen molar-refractivity contribution in [3.8, 4) is 5.69 Å². The molecule has 0 bridgehead atoms. The quantitative estimate of drug-likeness (QED) is 0.437. The summed E-state index contributed by atoms with van der Waals surface area (Å²) in [6, 6.07) is 20.9. The Labute approximate surface area is 193 Å². The fraction of sp³-hybridized carbons (Fsp3) is 0.346. The van der Waals surface area contributed by atoms with E-state index >= 15 is 0 Å². The predicted octanol–water partition coefficient (Wildman–Crippen LogP) is 5.40. The number of hydrogen-bond donors (Lipinski definition) is 0. The third kappa shape index (κ3) is 4.80. The van der Waals surface area contributed by atoms with Gasteiger partial charge in [0.05, 0.1) is 5.75 Å². The summed E-state index contributed by atoms with van der Waals surface area (Å²) in [5.74, 6) is 1.45. The molecule has 0 atom stereocenters. The molecule has 1 amide bonds. The Kier molecular flexibility index (Phi) is 6.39. The van der Waals surface area contributed by atoms with E-state index in [0.29, 0.717) is 18.2 Å². The average Bonchev–Trinajstić information content (AvgIpc) is 3.59. The molecule has 0 aliphatic heterocycles. The lowest BCUT2D eigenvalue weighted by Gasteiger charge is -2.27. The van der Waals surface area contributed by atoms with Crippen molar-refractivity contribution in [1.29, 1.82) is 0 Å². The summed E-state index contributed by atoms with van der Waals surface area (Å²) in [5, 5.41) is 9.75. The number of para-hydroxylation sites is 1. The number of hydrogen-bond acceptors (Lipinski definition) is 4. The molecule has 5 nitrogen and oxygen atoms in total. The minimum atomic E-state index is 0.192. The van der Waals surface area contributed by atoms with E-state index in [4.69, 9.17) is 0 Å². The predicted molar refractivity (Wildman–Crippen MR) is 128 cm³/mol. The van der Waals surface area contributed by atoms with Gasteiger partial charge < -0.3 is 4.90 Å². The lowest BCUT2D eigenvalue weighted by atomic mass is 10.0. The highest BCUT2D eigenvalue weighted by Gasteiger charge is 2.35. The first-order chi connectivity index (χ1) is 15.8. The molecular formula is C26H28N4OS. The van der Waals surface area contributed by atoms with E-state index in [0.717, 1.165) is 42.4 Å². The maximum absolute atomic E-state index is 13.2. The van der Waals surface area contributed by atoms with E-state index in [1.807, 2.05) is 36.4 Å². The number of allylic oxidation sites excluding steroid dienone is 2. The molecule has 6 heteroatoms. The maximum atomic E-state index is 13.2. The first-order valence-electron chi connectivity index (χ1n) is 11.5. The summed E-state index contributed by atoms with van der Waals surface area (Å²) in [6.07, 6.45) is 9.73. The summed E-state index contributed by atoms with van der Waals surface area (Å²) >= 11 is 1.49. The van der Waals surface area contributed by atoms with Crippen LogP contribution in [0.15, 0.2) is 77.6 Å². The topological polar surface area (TPSA) is 51.0 Å². The molecule has 1 fully saturated rings. The zero-order valence-corrected chi connectivity index (χ0v) is 19.0. The molecule has 1 aromatic heterocycles. The number of benzene rings is 2. The van der Waals surface area contributed by atoms with Crippen molar-refractivity contribution < 1.29 is 4.79 Å². The van der Waals surface area contributed by atoms with Crippen LogP contribution in [0.1, 0.15) is 49.9 Å². The monoisotopic (exact) mass is 444 g/mol. The lowest BCUT2D eigenvalue weighted by Crippen LogP contribution is -2.34. The molecule has 1 heterocycles. The SMILES string of the molecule is O=C(CSc1nnc(Cc2ccccc2)n1-c1ccccc1)N(C1=CCCCC1)C1CC1. The highest BCUT2D eigenvalue weighted by atomic mass is 32.2. The van der Waals surface area contributed by atoms with E-state index in [2.05, 4.69) is 50.0 Å². The molecule has 2 aromatic carbocycles. The van der Waals surface area contributed by atoms with Crippen molar-refractivity contribution in [3.63, 3.8) is 0 Å². The van der Waals surface area contributed by atoms with Gasteiger partial charge in [0.2, 0.25) is 5.91 Å². The second kappa shape index (κ2) is 9.74. The van der Waals surface area contributed by atoms with E-state index in [-0.39, 0.29) is 5.91 Å². The number of aromatic nitrogens is 3. The van der Waals surface area contributed by atoms with Gasteiger partial charge in [0.1, 0.15) is 5.82 Å². The molecule has 0 unspecified atom stereocenters. The summed E-state index contributed by atoms with van der Waals surface area (Å²) in [7, 11) is 0. The van der Waals surface area contributed by atoms with Crippen LogP contribution in [0.3, 0.4) is 0 Å². The maximum Gasteiger partial charge on any atom is 0.237 e. The second-order valence-corrected chi connectivity index (χ2v) is 9.40. The zero-order valence-electron chi connectivity index (χ0n) is 18.2. The molecular weight excluding hydrogens is 416 g/mol. The minimum Gasteiger partial charge on any atom is -0.313 e. The van der Waals surface area contributed by atoms with Gasteiger partial charge in [-0.2, -0.15) is 0 Å². The van der Waals surface area contributed by atoms with Crippen molar-refractivity contribution in [3.05, 3.63) is 83.8 Å². The van der Waals surface area contributed by atoms with E-state index in [9.17, 15) is 4.79 Å². The Morgan fingerprint density at radius 3 is 2.44 bits per heavy atom. The Bertz CT molecular complexity index is 1090. The molecule has 0 radical (unpaired) electrons. The average molecular weight is 445 g/mol. The Balaban J connectivity index is 1.37. The van der Waals surface area contributed by atoms with Crippen molar-refractivity contribution in [2.45, 2.75) is 56.1 Å². The number of nitrogens with zero attached hydrogens (tertiary/aromatic N) is 4. The minimum absolute atomic E-state index is 0.192. The molecule has 5 rings (SSSR count). The van der Waals surface area contributed by atoms with Gasteiger partial charge in [0.25, 0.3) is 0 Å². The van der Waals surface area contributed by atoms with Gasteiger partial charge in [-0.3, -0.25) is 9.36 Å². The lowest BCUT2D eigenvalue weighted by molar-refractivity contribution is -0.127. The first-order valence-corrected chi connectivity index (χ1v) is 12.5. The highest BCUT2D eigenvalue weighted by Crippen LogP contribution is 2.35. The van der Waals surface area contributed by atoms with Crippen LogP contribution in [0, 0.1) is 0 Å². The van der Waals surface area contributed by atoms with Crippen LogP contribution in [0.5, 0.6) is 0 Å². The molecule has 0 spiro atoms. The molecule has 2 aliphatic carbocycles. The largest absolute Gasteiger partial charge is 0.313 e. The van der Waals surface area contributed by atoms with Crippen LogP contribution in [0.2, 0.25) is 0 Å². The number of carbonyl (C=O) groups excluding carboxylic acids is 1. The van der Waals surface area contributed by atoms with Gasteiger partial charge in [0.15, 0.2) is 5.16 Å². The third-order valence-electron chi connectivity index (χ3n) is 6.00. The summed E-state index contributed by atoms with van der Waals surface area (Å²) < 4.78 is 2.09. The van der Waals surface area contributed by atoms with Gasteiger partial charge in [-0.25, -0.2) is 0 Å². The molecule has 1 saturated carbocycles. The van der Waals surface area contributed by atoms with Gasteiger partial charge in [0, 0.05) is 23.8 Å². The van der Waals surface area contributed by atoms with Gasteiger partial charge in [-0.15, -0.1) is 10.2 Å². The molecule has 3 aromatic rings. The van der Waals surface area contributed by atoms with Crippen molar-refractivity contribution in [1.82, 2.24) is 19.7 Å². The smallest absolute Gasteiger partial charge is 0.237 e. The fourth-order valence-corrected chi connectivity index (χ4v) is 5.12. The molecule has 32 heavy (non-hydrogen) atoms. The van der Waals surface area contributed by atoms with Crippen LogP contribution in [0.25, 0.3) is 5.69 Å². The van der Waals surface area contributed by atoms with E-state index < -0.39 is 0 Å². The van der Waals surface area contributed by atoms with E-state index in [1.54, 1.807) is 0 Å². The van der Waals surface area contributed by atoms with Crippen LogP contribution in [0.4, 0.5) is 0 Å². The Morgan fingerprint density at radius 1 is 1.00 bits per heavy atom. The van der Waals surface area contributed by atoms with Crippen LogP contribution < -0.4 is 0 Å². The molecule has 164 valence electrons. The summed E-state index contributed by atoms with van der Waals surface area (Å²) in [6.45, 7) is 0. The Hall–Kier alpha value is -2.86. The number of rotatable bonds is 8. The van der Waals surface area contributed by atoms with Gasteiger partial charge in [-0.05, 0) is 56.2 Å². The second-order valence-electron chi connectivity index (χ2n) is 8.46. The normalized spacial score (nSPS) is 15.9. The van der Waals surface area contributed by atoms with Crippen LogP contribution in [-0.4, -0.2) is 37.4 Å². The van der Waals surface area contributed by atoms with E-state index in [1.165, 1.54) is 35.9 Å². The number of thioether (sulfide) groups is 1. The van der Waals surface area contributed by atoms with Gasteiger partial charge in [-0.1, -0.05) is 66.4 Å². The highest BCUT2D eigenvalue weighted by molar-refractivity contribution is 7.99. The zero-order chi connectivity index (χ0) is 21.8. The molecule has 0 N–H and O–H groups in total. The standard InChI is InChI=1S/C26H28N4OS/c31-25(29(23-16-17-23)21-12-6-2-7-13-21)19-32-26-28-27-24(18-20-10-4-1-5-11-20)30(26)22-14-8-3-9-15-22/h1,3-5,8-12,14-15,23H,2,6-7,13,16-19H2. The first kappa shape index (κ1) is 21.0. The van der Waals surface area contributed by atoms with Crippen molar-refractivity contribution >= 4 is 17.7 Å². The van der Waals surface area contributed by atoms with Crippen molar-refractivity contribution in [2.24, 2.45) is 0 Å². The number of carbonyl (C=O) groups is 1. The molecule has 2 aliphatic rings. The Morgan fingerprint density at radius 2 is 1.75 bits per heavy atom. The summed E-state index contributed by atoms with van der Waals surface area (Å²) in [4.78, 5) is 15.3. The van der Waals surface area contributed by atoms with Gasteiger partial charge >= 0.3 is 0 Å². The van der Waals surface area contributed by atoms with Crippen LogP contribution >= 0.6 is 11.8 Å².